The smallest absolute Gasteiger partial charge is 0.299 e. The van der Waals surface area contributed by atoms with Crippen molar-refractivity contribution in [3.05, 3.63) is 33.3 Å². The minimum absolute atomic E-state index is 0.000592. The summed E-state index contributed by atoms with van der Waals surface area (Å²) >= 11 is 0. The van der Waals surface area contributed by atoms with E-state index < -0.39 is 0 Å². The van der Waals surface area contributed by atoms with Gasteiger partial charge in [0.05, 0.1) is 0 Å². The van der Waals surface area contributed by atoms with Gasteiger partial charge in [-0.1, -0.05) is 5.11 Å². The molecule has 1 aliphatic carbocycles. The van der Waals surface area contributed by atoms with Gasteiger partial charge in [-0.15, -0.1) is 0 Å². The van der Waals surface area contributed by atoms with Crippen molar-refractivity contribution in [2.24, 2.45) is 5.11 Å². The fourth-order valence-electron chi connectivity index (χ4n) is 1.43. The molecular weight excluding hydrogens is 182 g/mol. The molecular formula is C8H11N5O. The number of hydrogen-bond donors (Lipinski definition) is 0. The van der Waals surface area contributed by atoms with Crippen LogP contribution in [0.15, 0.2) is 22.3 Å². The summed E-state index contributed by atoms with van der Waals surface area (Å²) in [7, 11) is 0. The zero-order valence-electron chi connectivity index (χ0n) is 7.70. The SMILES string of the molecule is [N-]=[N+]=NCCn1ccn(C2CC2)c1=O. The highest BCUT2D eigenvalue weighted by atomic mass is 16.1. The summed E-state index contributed by atoms with van der Waals surface area (Å²) in [6.07, 6.45) is 5.74. The highest BCUT2D eigenvalue weighted by Gasteiger charge is 2.25. The average molecular weight is 193 g/mol. The van der Waals surface area contributed by atoms with E-state index in [0.717, 1.165) is 12.8 Å². The second-order valence-corrected chi connectivity index (χ2v) is 3.37. The van der Waals surface area contributed by atoms with Crippen molar-refractivity contribution in [2.75, 3.05) is 6.54 Å². The lowest BCUT2D eigenvalue weighted by Gasteiger charge is -1.97. The molecule has 1 heterocycles. The van der Waals surface area contributed by atoms with Gasteiger partial charge in [-0.2, -0.15) is 0 Å². The molecule has 0 aliphatic heterocycles. The van der Waals surface area contributed by atoms with Gasteiger partial charge in [0.1, 0.15) is 0 Å². The quantitative estimate of drug-likeness (QED) is 0.403. The minimum Gasteiger partial charge on any atom is -0.299 e. The summed E-state index contributed by atoms with van der Waals surface area (Å²) in [5, 5.41) is 3.39. The molecule has 0 unspecified atom stereocenters. The molecule has 0 radical (unpaired) electrons. The van der Waals surface area contributed by atoms with Crippen LogP contribution in [0.4, 0.5) is 0 Å². The minimum atomic E-state index is 0.000592. The highest BCUT2D eigenvalue weighted by Crippen LogP contribution is 2.33. The van der Waals surface area contributed by atoms with Gasteiger partial charge >= 0.3 is 5.69 Å². The van der Waals surface area contributed by atoms with E-state index in [0.29, 0.717) is 19.1 Å². The van der Waals surface area contributed by atoms with Crippen LogP contribution in [-0.2, 0) is 6.54 Å². The number of azide groups is 1. The van der Waals surface area contributed by atoms with Crippen LogP contribution >= 0.6 is 0 Å². The van der Waals surface area contributed by atoms with Crippen molar-refractivity contribution >= 4 is 0 Å². The van der Waals surface area contributed by atoms with Crippen LogP contribution in [0.5, 0.6) is 0 Å². The Kier molecular flexibility index (Phi) is 2.28. The predicted molar refractivity (Wildman–Crippen MR) is 51.0 cm³/mol. The molecule has 1 saturated carbocycles. The summed E-state index contributed by atoms with van der Waals surface area (Å²) in [6.45, 7) is 0.785. The number of rotatable bonds is 4. The van der Waals surface area contributed by atoms with Crippen LogP contribution in [0.3, 0.4) is 0 Å². The normalized spacial score (nSPS) is 15.1. The zero-order chi connectivity index (χ0) is 9.97. The molecule has 6 nitrogen and oxygen atoms in total. The maximum atomic E-state index is 11.6. The molecule has 0 atom stereocenters. The van der Waals surface area contributed by atoms with Crippen LogP contribution in [0.1, 0.15) is 18.9 Å². The number of hydrogen-bond acceptors (Lipinski definition) is 2. The maximum Gasteiger partial charge on any atom is 0.328 e. The molecule has 2 rings (SSSR count). The Bertz CT molecular complexity index is 421. The van der Waals surface area contributed by atoms with Gasteiger partial charge in [0.25, 0.3) is 0 Å². The second kappa shape index (κ2) is 3.59. The Morgan fingerprint density at radius 1 is 1.57 bits per heavy atom. The van der Waals surface area contributed by atoms with Crippen molar-refractivity contribution in [2.45, 2.75) is 25.4 Å². The van der Waals surface area contributed by atoms with Crippen molar-refractivity contribution in [3.63, 3.8) is 0 Å². The summed E-state index contributed by atoms with van der Waals surface area (Å²) in [5.41, 5.74) is 8.08. The molecule has 1 fully saturated rings. The first kappa shape index (κ1) is 8.90. The van der Waals surface area contributed by atoms with E-state index in [9.17, 15) is 4.79 Å². The Labute approximate surface area is 80.4 Å². The van der Waals surface area contributed by atoms with Gasteiger partial charge < -0.3 is 0 Å². The van der Waals surface area contributed by atoms with Gasteiger partial charge in [-0.3, -0.25) is 9.13 Å². The van der Waals surface area contributed by atoms with E-state index >= 15 is 0 Å². The van der Waals surface area contributed by atoms with E-state index in [1.165, 1.54) is 0 Å². The highest BCUT2D eigenvalue weighted by molar-refractivity contribution is 4.91. The van der Waals surface area contributed by atoms with Gasteiger partial charge in [-0.05, 0) is 18.4 Å². The molecule has 1 aromatic heterocycles. The Morgan fingerprint density at radius 3 is 3.00 bits per heavy atom. The topological polar surface area (TPSA) is 75.7 Å². The molecule has 0 amide bonds. The predicted octanol–water partition coefficient (Wildman–Crippen LogP) is 1.29. The van der Waals surface area contributed by atoms with Crippen LogP contribution in [-0.4, -0.2) is 15.7 Å². The van der Waals surface area contributed by atoms with E-state index in [2.05, 4.69) is 10.0 Å². The first-order valence-electron chi connectivity index (χ1n) is 4.61. The summed E-state index contributed by atoms with van der Waals surface area (Å²) in [4.78, 5) is 14.3. The first-order valence-corrected chi connectivity index (χ1v) is 4.61. The van der Waals surface area contributed by atoms with Crippen LogP contribution in [0.25, 0.3) is 10.4 Å². The van der Waals surface area contributed by atoms with E-state index in [1.54, 1.807) is 21.5 Å². The zero-order valence-corrected chi connectivity index (χ0v) is 7.70. The lowest BCUT2D eigenvalue weighted by Crippen LogP contribution is -2.24. The molecule has 6 heteroatoms. The fourth-order valence-corrected chi connectivity index (χ4v) is 1.43. The molecule has 0 bridgehead atoms. The maximum absolute atomic E-state index is 11.6. The standard InChI is InChI=1S/C8H11N5O/c9-11-10-3-4-12-5-6-13(8(12)14)7-1-2-7/h5-7H,1-4H2. The van der Waals surface area contributed by atoms with E-state index in [1.807, 2.05) is 0 Å². The van der Waals surface area contributed by atoms with Crippen molar-refractivity contribution < 1.29 is 0 Å². The molecule has 14 heavy (non-hydrogen) atoms. The third-order valence-electron chi connectivity index (χ3n) is 2.32. The van der Waals surface area contributed by atoms with Gasteiger partial charge in [-0.25, -0.2) is 4.79 Å². The van der Waals surface area contributed by atoms with Gasteiger partial charge in [0, 0.05) is 36.4 Å². The average Bonchev–Trinajstić information content (AvgIpc) is 2.95. The fraction of sp³-hybridized carbons (Fsp3) is 0.625. The number of nitrogens with zero attached hydrogens (tertiary/aromatic N) is 5. The van der Waals surface area contributed by atoms with Crippen molar-refractivity contribution in [3.8, 4) is 0 Å². The van der Waals surface area contributed by atoms with E-state index in [4.69, 9.17) is 5.53 Å². The largest absolute Gasteiger partial charge is 0.328 e. The first-order chi connectivity index (χ1) is 6.83. The van der Waals surface area contributed by atoms with E-state index in [-0.39, 0.29) is 5.69 Å². The van der Waals surface area contributed by atoms with Crippen LogP contribution < -0.4 is 5.69 Å². The Balaban J connectivity index is 2.10. The summed E-state index contributed by atoms with van der Waals surface area (Å²) in [5.74, 6) is 0. The van der Waals surface area contributed by atoms with Crippen molar-refractivity contribution in [1.82, 2.24) is 9.13 Å². The van der Waals surface area contributed by atoms with Gasteiger partial charge in [0.2, 0.25) is 0 Å². The van der Waals surface area contributed by atoms with Crippen LogP contribution in [0, 0.1) is 0 Å². The molecule has 0 saturated heterocycles. The summed E-state index contributed by atoms with van der Waals surface area (Å²) < 4.78 is 3.32. The molecule has 74 valence electrons. The Morgan fingerprint density at radius 2 is 2.36 bits per heavy atom. The molecule has 0 N–H and O–H groups in total. The number of aromatic nitrogens is 2. The monoisotopic (exact) mass is 193 g/mol. The lowest BCUT2D eigenvalue weighted by molar-refractivity contribution is 0.625. The third-order valence-corrected chi connectivity index (χ3v) is 2.32. The Hall–Kier alpha value is -1.68. The van der Waals surface area contributed by atoms with Gasteiger partial charge in [0.15, 0.2) is 0 Å². The summed E-state index contributed by atoms with van der Waals surface area (Å²) in [6, 6.07) is 0.406. The van der Waals surface area contributed by atoms with Crippen LogP contribution in [0.2, 0.25) is 0 Å². The second-order valence-electron chi connectivity index (χ2n) is 3.37. The van der Waals surface area contributed by atoms with Crippen molar-refractivity contribution in [1.29, 1.82) is 0 Å². The lowest BCUT2D eigenvalue weighted by atomic mass is 10.6. The third kappa shape index (κ3) is 1.65. The molecule has 1 aromatic rings. The molecule has 1 aliphatic rings. The molecule has 0 aromatic carbocycles. The molecule has 0 spiro atoms. The number of imidazole rings is 1.